The van der Waals surface area contributed by atoms with Crippen LogP contribution < -0.4 is 5.32 Å². The van der Waals surface area contributed by atoms with Gasteiger partial charge in [-0.3, -0.25) is 10.1 Å². The van der Waals surface area contributed by atoms with Crippen LogP contribution in [0.3, 0.4) is 0 Å². The van der Waals surface area contributed by atoms with E-state index in [2.05, 4.69) is 50.4 Å². The smallest absolute Gasteiger partial charge is 0.324 e. The summed E-state index contributed by atoms with van der Waals surface area (Å²) in [7, 11) is 0. The van der Waals surface area contributed by atoms with Gasteiger partial charge >= 0.3 is 5.97 Å². The number of carbonyl (C=O) groups excluding carboxylic acids is 1. The second kappa shape index (κ2) is 5.96. The van der Waals surface area contributed by atoms with Gasteiger partial charge in [-0.05, 0) is 36.3 Å². The average Bonchev–Trinajstić information content (AvgIpc) is 3.16. The zero-order valence-electron chi connectivity index (χ0n) is 12.9. The molecule has 1 fully saturated rings. The number of carbonyl (C=O) groups is 1. The molecule has 110 valence electrons. The maximum atomic E-state index is 11.5. The Morgan fingerprint density at radius 3 is 2.45 bits per heavy atom. The number of hydrogen-bond acceptors (Lipinski definition) is 3. The summed E-state index contributed by atoms with van der Waals surface area (Å²) in [5.74, 6) is -0.111. The Kier molecular flexibility index (Phi) is 4.48. The highest BCUT2D eigenvalue weighted by molar-refractivity contribution is 5.80. The standard InChI is InChI=1S/C17H25NO2/c1-5-20-16(19)15-14(18-15)11-8-12-6-9-13(10-7-12)17(2,3)4/h6-7,9-10,14-15,18H,5,8,11H2,1-4H3. The van der Waals surface area contributed by atoms with Gasteiger partial charge in [-0.15, -0.1) is 0 Å². The van der Waals surface area contributed by atoms with E-state index in [1.54, 1.807) is 0 Å². The van der Waals surface area contributed by atoms with Gasteiger partial charge in [0.25, 0.3) is 0 Å². The van der Waals surface area contributed by atoms with Crippen molar-refractivity contribution in [3.8, 4) is 0 Å². The SMILES string of the molecule is CCOC(=O)C1NC1CCc1ccc(C(C)(C)C)cc1. The molecular weight excluding hydrogens is 250 g/mol. The molecule has 1 aliphatic heterocycles. The molecule has 3 nitrogen and oxygen atoms in total. The summed E-state index contributed by atoms with van der Waals surface area (Å²) >= 11 is 0. The Balaban J connectivity index is 1.80. The number of aryl methyl sites for hydroxylation is 1. The minimum atomic E-state index is -0.111. The first-order valence-corrected chi connectivity index (χ1v) is 7.44. The lowest BCUT2D eigenvalue weighted by atomic mass is 9.86. The van der Waals surface area contributed by atoms with Gasteiger partial charge in [0.1, 0.15) is 6.04 Å². The molecule has 1 saturated heterocycles. The third-order valence-corrected chi connectivity index (χ3v) is 3.79. The van der Waals surface area contributed by atoms with Gasteiger partial charge in [0.2, 0.25) is 0 Å². The molecule has 20 heavy (non-hydrogen) atoms. The molecule has 3 heteroatoms. The lowest BCUT2D eigenvalue weighted by Crippen LogP contribution is -2.15. The zero-order valence-corrected chi connectivity index (χ0v) is 12.9. The van der Waals surface area contributed by atoms with E-state index in [-0.39, 0.29) is 23.5 Å². The van der Waals surface area contributed by atoms with Crippen LogP contribution in [-0.2, 0) is 21.4 Å². The first kappa shape index (κ1) is 15.0. The van der Waals surface area contributed by atoms with E-state index in [1.807, 2.05) is 6.92 Å². The molecule has 2 unspecified atom stereocenters. The van der Waals surface area contributed by atoms with Gasteiger partial charge in [-0.2, -0.15) is 0 Å². The molecule has 1 aliphatic rings. The van der Waals surface area contributed by atoms with E-state index >= 15 is 0 Å². The molecular formula is C17H25NO2. The normalized spacial score (nSPS) is 21.6. The van der Waals surface area contributed by atoms with Crippen molar-refractivity contribution in [3.05, 3.63) is 35.4 Å². The fraction of sp³-hybridized carbons (Fsp3) is 0.588. The second-order valence-corrected chi connectivity index (χ2v) is 6.49. The van der Waals surface area contributed by atoms with Gasteiger partial charge < -0.3 is 4.74 Å². The molecule has 0 saturated carbocycles. The van der Waals surface area contributed by atoms with E-state index in [9.17, 15) is 4.79 Å². The van der Waals surface area contributed by atoms with E-state index in [4.69, 9.17) is 4.74 Å². The summed E-state index contributed by atoms with van der Waals surface area (Å²) in [6.45, 7) is 8.96. The highest BCUT2D eigenvalue weighted by Crippen LogP contribution is 2.23. The Bertz CT molecular complexity index is 459. The van der Waals surface area contributed by atoms with Crippen molar-refractivity contribution in [2.75, 3.05) is 6.61 Å². The molecule has 0 aliphatic carbocycles. The highest BCUT2D eigenvalue weighted by atomic mass is 16.5. The van der Waals surface area contributed by atoms with Crippen molar-refractivity contribution >= 4 is 5.97 Å². The number of benzene rings is 1. The molecule has 2 rings (SSSR count). The number of rotatable bonds is 5. The van der Waals surface area contributed by atoms with E-state index in [0.717, 1.165) is 12.8 Å². The van der Waals surface area contributed by atoms with Crippen LogP contribution in [0.2, 0.25) is 0 Å². The van der Waals surface area contributed by atoms with Crippen LogP contribution in [0.1, 0.15) is 45.2 Å². The van der Waals surface area contributed by atoms with E-state index < -0.39 is 0 Å². The number of nitrogens with one attached hydrogen (secondary N) is 1. The Hall–Kier alpha value is -1.35. The lowest BCUT2D eigenvalue weighted by molar-refractivity contribution is -0.142. The molecule has 0 aromatic heterocycles. The summed E-state index contributed by atoms with van der Waals surface area (Å²) < 4.78 is 5.00. The Morgan fingerprint density at radius 2 is 1.90 bits per heavy atom. The Labute approximate surface area is 121 Å². The van der Waals surface area contributed by atoms with Crippen LogP contribution in [-0.4, -0.2) is 24.7 Å². The van der Waals surface area contributed by atoms with Crippen molar-refractivity contribution in [1.29, 1.82) is 0 Å². The fourth-order valence-electron chi connectivity index (χ4n) is 2.38. The summed E-state index contributed by atoms with van der Waals surface area (Å²) in [5.41, 5.74) is 2.88. The molecule has 0 amide bonds. The molecule has 1 heterocycles. The zero-order chi connectivity index (χ0) is 14.8. The quantitative estimate of drug-likeness (QED) is 0.664. The van der Waals surface area contributed by atoms with Crippen molar-refractivity contribution < 1.29 is 9.53 Å². The Morgan fingerprint density at radius 1 is 1.25 bits per heavy atom. The van der Waals surface area contributed by atoms with Crippen LogP contribution in [0.25, 0.3) is 0 Å². The van der Waals surface area contributed by atoms with Crippen molar-refractivity contribution in [2.45, 2.75) is 58.0 Å². The topological polar surface area (TPSA) is 48.2 Å². The maximum absolute atomic E-state index is 11.5. The van der Waals surface area contributed by atoms with Gasteiger partial charge in [0.15, 0.2) is 0 Å². The molecule has 1 aromatic carbocycles. The van der Waals surface area contributed by atoms with Gasteiger partial charge in [0, 0.05) is 6.04 Å². The molecule has 0 bridgehead atoms. The first-order valence-electron chi connectivity index (χ1n) is 7.44. The third kappa shape index (κ3) is 3.83. The molecule has 2 atom stereocenters. The predicted octanol–water partition coefficient (Wildman–Crippen LogP) is 2.82. The van der Waals surface area contributed by atoms with Crippen molar-refractivity contribution in [1.82, 2.24) is 5.32 Å². The lowest BCUT2D eigenvalue weighted by Gasteiger charge is -2.19. The summed E-state index contributed by atoms with van der Waals surface area (Å²) in [5, 5.41) is 3.18. The fourth-order valence-corrected chi connectivity index (χ4v) is 2.38. The van der Waals surface area contributed by atoms with E-state index in [0.29, 0.717) is 6.61 Å². The van der Waals surface area contributed by atoms with Crippen LogP contribution in [0.5, 0.6) is 0 Å². The largest absolute Gasteiger partial charge is 0.465 e. The van der Waals surface area contributed by atoms with Crippen LogP contribution in [0, 0.1) is 0 Å². The van der Waals surface area contributed by atoms with Crippen LogP contribution in [0.4, 0.5) is 0 Å². The van der Waals surface area contributed by atoms with Gasteiger partial charge in [0.05, 0.1) is 6.61 Å². The van der Waals surface area contributed by atoms with Crippen molar-refractivity contribution in [3.63, 3.8) is 0 Å². The number of hydrogen-bond donors (Lipinski definition) is 1. The molecule has 0 radical (unpaired) electrons. The monoisotopic (exact) mass is 275 g/mol. The predicted molar refractivity (Wildman–Crippen MR) is 80.8 cm³/mol. The van der Waals surface area contributed by atoms with E-state index in [1.165, 1.54) is 11.1 Å². The van der Waals surface area contributed by atoms with Gasteiger partial charge in [-0.25, -0.2) is 0 Å². The van der Waals surface area contributed by atoms with Gasteiger partial charge in [-0.1, -0.05) is 45.0 Å². The van der Waals surface area contributed by atoms with Crippen molar-refractivity contribution in [2.24, 2.45) is 0 Å². The highest BCUT2D eigenvalue weighted by Gasteiger charge is 2.42. The summed E-state index contributed by atoms with van der Waals surface area (Å²) in [6.07, 6.45) is 1.98. The number of esters is 1. The molecule has 1 N–H and O–H groups in total. The summed E-state index contributed by atoms with van der Waals surface area (Å²) in [6, 6.07) is 9.02. The minimum Gasteiger partial charge on any atom is -0.465 e. The molecule has 0 spiro atoms. The first-order chi connectivity index (χ1) is 9.41. The third-order valence-electron chi connectivity index (χ3n) is 3.79. The van der Waals surface area contributed by atoms with Crippen LogP contribution >= 0.6 is 0 Å². The molecule has 1 aromatic rings. The maximum Gasteiger partial charge on any atom is 0.324 e. The number of ether oxygens (including phenoxy) is 1. The minimum absolute atomic E-state index is 0.0798. The van der Waals surface area contributed by atoms with Crippen LogP contribution in [0.15, 0.2) is 24.3 Å². The summed E-state index contributed by atoms with van der Waals surface area (Å²) in [4.78, 5) is 11.5. The average molecular weight is 275 g/mol. The second-order valence-electron chi connectivity index (χ2n) is 6.49.